The lowest BCUT2D eigenvalue weighted by molar-refractivity contribution is -0.960. The molecule has 2 aliphatic rings. The van der Waals surface area contributed by atoms with E-state index in [0.29, 0.717) is 17.8 Å². The van der Waals surface area contributed by atoms with Crippen LogP contribution in [-0.4, -0.2) is 50.2 Å². The summed E-state index contributed by atoms with van der Waals surface area (Å²) in [5.41, 5.74) is 1.27. The average Bonchev–Trinajstić information content (AvgIpc) is 2.74. The molecule has 1 saturated carbocycles. The fourth-order valence-corrected chi connectivity index (χ4v) is 4.37. The first-order valence-electron chi connectivity index (χ1n) is 10.1. The molecule has 3 rings (SSSR count). The van der Waals surface area contributed by atoms with Crippen molar-refractivity contribution in [2.75, 3.05) is 38.2 Å². The highest BCUT2D eigenvalue weighted by molar-refractivity contribution is 5.96. The molecule has 1 aromatic rings. The summed E-state index contributed by atoms with van der Waals surface area (Å²) in [4.78, 5) is 25.7. The molecule has 150 valence electrons. The standard InChI is InChI=1S/C21H28N4O3/c22-11-8-19(26)24-18-6-4-17(5-7-18)20(27)23-16-21(9-2-1-3-10-21)25-12-14-28-15-13-25/h4-7H,1-3,8-10,12-16H2,(H,23,27)(H,24,26)/p+1. The Morgan fingerprint density at radius 3 is 2.43 bits per heavy atom. The number of nitrogens with zero attached hydrogens (tertiary/aromatic N) is 1. The molecule has 1 saturated heterocycles. The number of morpholine rings is 1. The van der Waals surface area contributed by atoms with Crippen molar-refractivity contribution in [3.63, 3.8) is 0 Å². The van der Waals surface area contributed by atoms with Crippen LogP contribution in [0.25, 0.3) is 0 Å². The van der Waals surface area contributed by atoms with E-state index in [9.17, 15) is 9.59 Å². The van der Waals surface area contributed by atoms with Gasteiger partial charge in [0.15, 0.2) is 0 Å². The second-order valence-electron chi connectivity index (χ2n) is 7.70. The molecule has 1 heterocycles. The second kappa shape index (κ2) is 9.67. The van der Waals surface area contributed by atoms with E-state index in [4.69, 9.17) is 10.00 Å². The zero-order valence-corrected chi connectivity index (χ0v) is 16.3. The number of quaternary nitrogens is 1. The highest BCUT2D eigenvalue weighted by Crippen LogP contribution is 2.25. The minimum atomic E-state index is -0.354. The maximum Gasteiger partial charge on any atom is 0.251 e. The molecule has 1 aromatic carbocycles. The molecule has 2 fully saturated rings. The van der Waals surface area contributed by atoms with E-state index >= 15 is 0 Å². The van der Waals surface area contributed by atoms with Crippen LogP contribution in [0.1, 0.15) is 48.9 Å². The van der Waals surface area contributed by atoms with E-state index in [0.717, 1.165) is 39.1 Å². The molecule has 0 radical (unpaired) electrons. The number of nitriles is 1. The summed E-state index contributed by atoms with van der Waals surface area (Å²) in [7, 11) is 0. The number of ether oxygens (including phenoxy) is 1. The maximum absolute atomic E-state index is 12.7. The summed E-state index contributed by atoms with van der Waals surface area (Å²) in [6.45, 7) is 4.29. The number of nitrogens with one attached hydrogen (secondary N) is 3. The molecule has 7 nitrogen and oxygen atoms in total. The van der Waals surface area contributed by atoms with Crippen LogP contribution in [0.5, 0.6) is 0 Å². The highest BCUT2D eigenvalue weighted by Gasteiger charge is 2.42. The summed E-state index contributed by atoms with van der Waals surface area (Å²) in [6, 6.07) is 8.59. The molecule has 3 N–H and O–H groups in total. The highest BCUT2D eigenvalue weighted by atomic mass is 16.5. The van der Waals surface area contributed by atoms with E-state index < -0.39 is 0 Å². The quantitative estimate of drug-likeness (QED) is 0.678. The summed E-state index contributed by atoms with van der Waals surface area (Å²) >= 11 is 0. The Balaban J connectivity index is 1.59. The number of hydrogen-bond donors (Lipinski definition) is 3. The van der Waals surface area contributed by atoms with Crippen LogP contribution in [0.15, 0.2) is 24.3 Å². The van der Waals surface area contributed by atoms with Crippen LogP contribution < -0.4 is 15.5 Å². The second-order valence-corrected chi connectivity index (χ2v) is 7.70. The maximum atomic E-state index is 12.7. The Hall–Kier alpha value is -2.43. The van der Waals surface area contributed by atoms with Crippen LogP contribution >= 0.6 is 0 Å². The van der Waals surface area contributed by atoms with Crippen LogP contribution in [0, 0.1) is 11.3 Å². The number of amides is 2. The molecule has 0 unspecified atom stereocenters. The van der Waals surface area contributed by atoms with Gasteiger partial charge in [-0.15, -0.1) is 0 Å². The topological polar surface area (TPSA) is 95.7 Å². The Labute approximate surface area is 166 Å². The predicted molar refractivity (Wildman–Crippen MR) is 105 cm³/mol. The largest absolute Gasteiger partial charge is 0.370 e. The number of hydrogen-bond acceptors (Lipinski definition) is 4. The normalized spacial score (nSPS) is 19.4. The average molecular weight is 385 g/mol. The first-order valence-corrected chi connectivity index (χ1v) is 10.1. The molecule has 0 spiro atoms. The third-order valence-corrected chi connectivity index (χ3v) is 5.91. The van der Waals surface area contributed by atoms with Gasteiger partial charge in [0.05, 0.1) is 25.8 Å². The van der Waals surface area contributed by atoms with Gasteiger partial charge in [0.1, 0.15) is 25.0 Å². The van der Waals surface area contributed by atoms with Crippen molar-refractivity contribution in [2.45, 2.75) is 44.1 Å². The molecular formula is C21H29N4O3+. The van der Waals surface area contributed by atoms with E-state index in [1.807, 2.05) is 6.07 Å². The fraction of sp³-hybridized carbons (Fsp3) is 0.571. The SMILES string of the molecule is N#CCC(=O)Nc1ccc(C(=O)NCC2([NH+]3CCOCC3)CCCCC2)cc1. The summed E-state index contributed by atoms with van der Waals surface area (Å²) in [5, 5.41) is 14.3. The summed E-state index contributed by atoms with van der Waals surface area (Å²) < 4.78 is 5.53. The van der Waals surface area contributed by atoms with Gasteiger partial charge in [0, 0.05) is 24.1 Å². The van der Waals surface area contributed by atoms with E-state index in [1.54, 1.807) is 29.2 Å². The van der Waals surface area contributed by atoms with E-state index in [1.165, 1.54) is 19.3 Å². The Bertz CT molecular complexity index is 714. The van der Waals surface area contributed by atoms with Crippen LogP contribution in [0.2, 0.25) is 0 Å². The van der Waals surface area contributed by atoms with Crippen molar-refractivity contribution in [2.24, 2.45) is 0 Å². The van der Waals surface area contributed by atoms with Gasteiger partial charge in [-0.3, -0.25) is 9.59 Å². The van der Waals surface area contributed by atoms with Crippen molar-refractivity contribution in [3.05, 3.63) is 29.8 Å². The van der Waals surface area contributed by atoms with Gasteiger partial charge in [-0.2, -0.15) is 5.26 Å². The number of carbonyl (C=O) groups excluding carboxylic acids is 2. The van der Waals surface area contributed by atoms with Gasteiger partial charge in [0.25, 0.3) is 5.91 Å². The molecule has 7 heteroatoms. The molecule has 28 heavy (non-hydrogen) atoms. The number of carbonyl (C=O) groups is 2. The van der Waals surface area contributed by atoms with Gasteiger partial charge < -0.3 is 20.3 Å². The Kier molecular flexibility index (Phi) is 7.01. The summed E-state index contributed by atoms with van der Waals surface area (Å²) in [6.07, 6.45) is 5.82. The molecular weight excluding hydrogens is 356 g/mol. The number of anilines is 1. The van der Waals surface area contributed by atoms with Crippen molar-refractivity contribution in [3.8, 4) is 6.07 Å². The van der Waals surface area contributed by atoms with Crippen molar-refractivity contribution < 1.29 is 19.2 Å². The lowest BCUT2D eigenvalue weighted by Crippen LogP contribution is -3.23. The van der Waals surface area contributed by atoms with Crippen molar-refractivity contribution >= 4 is 17.5 Å². The fourth-order valence-electron chi connectivity index (χ4n) is 4.37. The molecule has 2 amide bonds. The smallest absolute Gasteiger partial charge is 0.251 e. The zero-order valence-electron chi connectivity index (χ0n) is 16.3. The van der Waals surface area contributed by atoms with Gasteiger partial charge in [-0.25, -0.2) is 0 Å². The van der Waals surface area contributed by atoms with Crippen LogP contribution in [0.4, 0.5) is 5.69 Å². The third-order valence-electron chi connectivity index (χ3n) is 5.91. The van der Waals surface area contributed by atoms with Gasteiger partial charge >= 0.3 is 0 Å². The molecule has 0 aromatic heterocycles. The lowest BCUT2D eigenvalue weighted by atomic mass is 9.79. The van der Waals surface area contributed by atoms with Crippen molar-refractivity contribution in [1.29, 1.82) is 5.26 Å². The first kappa shape index (κ1) is 20.3. The van der Waals surface area contributed by atoms with E-state index in [-0.39, 0.29) is 23.8 Å². The Morgan fingerprint density at radius 1 is 1.11 bits per heavy atom. The number of benzene rings is 1. The van der Waals surface area contributed by atoms with Crippen LogP contribution in [-0.2, 0) is 9.53 Å². The monoisotopic (exact) mass is 385 g/mol. The van der Waals surface area contributed by atoms with Gasteiger partial charge in [-0.05, 0) is 37.1 Å². The van der Waals surface area contributed by atoms with Crippen molar-refractivity contribution in [1.82, 2.24) is 5.32 Å². The molecule has 1 aliphatic carbocycles. The Morgan fingerprint density at radius 2 is 1.79 bits per heavy atom. The zero-order chi connectivity index (χ0) is 19.8. The van der Waals surface area contributed by atoms with Gasteiger partial charge in [-0.1, -0.05) is 6.42 Å². The molecule has 0 bridgehead atoms. The third kappa shape index (κ3) is 5.09. The lowest BCUT2D eigenvalue weighted by Gasteiger charge is -2.45. The van der Waals surface area contributed by atoms with Crippen LogP contribution in [0.3, 0.4) is 0 Å². The van der Waals surface area contributed by atoms with E-state index in [2.05, 4.69) is 10.6 Å². The minimum Gasteiger partial charge on any atom is -0.370 e. The molecule has 0 atom stereocenters. The number of rotatable bonds is 6. The molecule has 1 aliphatic heterocycles. The first-order chi connectivity index (χ1) is 13.6. The summed E-state index contributed by atoms with van der Waals surface area (Å²) in [5.74, 6) is -0.445. The van der Waals surface area contributed by atoms with Gasteiger partial charge in [0.2, 0.25) is 5.91 Å². The predicted octanol–water partition coefficient (Wildman–Crippen LogP) is 0.887. The minimum absolute atomic E-state index is 0.0903.